The van der Waals surface area contributed by atoms with Crippen LogP contribution in [0, 0.1) is 12.7 Å². The smallest absolute Gasteiger partial charge is 0.341 e. The van der Waals surface area contributed by atoms with Gasteiger partial charge in [-0.15, -0.1) is 0 Å². The standard InChI is InChI=1S/C23H25ClFNO5/c1-13-8-19(30-12-22(28)29)17(9-18(13)24)21-11-23(3,26-14(2)27)10-20(31-21)15-4-6-16(25)7-5-15/h4-9,20-21H,10-12H2,1-3H3,(H,26,27)(H,28,29)/t20-,21+,23+/m0/s1. The second-order valence-corrected chi connectivity index (χ2v) is 8.54. The summed E-state index contributed by atoms with van der Waals surface area (Å²) >= 11 is 6.36. The molecule has 0 saturated carbocycles. The van der Waals surface area contributed by atoms with E-state index in [1.54, 1.807) is 31.2 Å². The molecule has 0 spiro atoms. The lowest BCUT2D eigenvalue weighted by molar-refractivity contribution is -0.139. The number of amides is 1. The minimum Gasteiger partial charge on any atom is -0.482 e. The fourth-order valence-corrected chi connectivity index (χ4v) is 4.14. The molecule has 31 heavy (non-hydrogen) atoms. The fourth-order valence-electron chi connectivity index (χ4n) is 3.97. The van der Waals surface area contributed by atoms with Crippen LogP contribution in [0.5, 0.6) is 5.75 Å². The van der Waals surface area contributed by atoms with E-state index in [1.165, 1.54) is 19.1 Å². The van der Waals surface area contributed by atoms with E-state index in [1.807, 2.05) is 6.92 Å². The lowest BCUT2D eigenvalue weighted by atomic mass is 9.81. The average Bonchev–Trinajstić information content (AvgIpc) is 2.67. The predicted octanol–water partition coefficient (Wildman–Crippen LogP) is 4.74. The van der Waals surface area contributed by atoms with Crippen molar-refractivity contribution in [2.75, 3.05) is 6.61 Å². The third kappa shape index (κ3) is 5.74. The number of aliphatic carboxylic acids is 1. The van der Waals surface area contributed by atoms with E-state index in [0.717, 1.165) is 11.1 Å². The van der Waals surface area contributed by atoms with Crippen LogP contribution in [0.2, 0.25) is 5.02 Å². The maximum absolute atomic E-state index is 13.4. The Morgan fingerprint density at radius 1 is 1.26 bits per heavy atom. The third-order valence-corrected chi connectivity index (χ3v) is 5.72. The first-order valence-electron chi connectivity index (χ1n) is 9.90. The first kappa shape index (κ1) is 23.0. The lowest BCUT2D eigenvalue weighted by Gasteiger charge is -2.43. The summed E-state index contributed by atoms with van der Waals surface area (Å²) in [6.07, 6.45) is -0.0571. The number of ether oxygens (including phenoxy) is 2. The second kappa shape index (κ2) is 9.24. The number of hydrogen-bond acceptors (Lipinski definition) is 4. The number of halogens is 2. The molecule has 0 aliphatic carbocycles. The molecule has 1 fully saturated rings. The summed E-state index contributed by atoms with van der Waals surface area (Å²) in [5, 5.41) is 12.5. The highest BCUT2D eigenvalue weighted by molar-refractivity contribution is 6.31. The zero-order valence-electron chi connectivity index (χ0n) is 17.6. The van der Waals surface area contributed by atoms with Gasteiger partial charge in [-0.1, -0.05) is 23.7 Å². The van der Waals surface area contributed by atoms with Crippen LogP contribution in [-0.4, -0.2) is 29.1 Å². The van der Waals surface area contributed by atoms with E-state index in [0.29, 0.717) is 29.2 Å². The number of hydrogen-bond donors (Lipinski definition) is 2. The number of carbonyl (C=O) groups excluding carboxylic acids is 1. The minimum absolute atomic E-state index is 0.176. The Balaban J connectivity index is 2.01. The van der Waals surface area contributed by atoms with Gasteiger partial charge in [0.1, 0.15) is 11.6 Å². The van der Waals surface area contributed by atoms with Gasteiger partial charge < -0.3 is 19.9 Å². The summed E-state index contributed by atoms with van der Waals surface area (Å²) in [5.74, 6) is -1.27. The zero-order chi connectivity index (χ0) is 22.8. The van der Waals surface area contributed by atoms with Crippen molar-refractivity contribution in [1.82, 2.24) is 5.32 Å². The van der Waals surface area contributed by atoms with Crippen molar-refractivity contribution in [3.05, 3.63) is 63.9 Å². The average molecular weight is 450 g/mol. The molecule has 166 valence electrons. The van der Waals surface area contributed by atoms with Crippen molar-refractivity contribution in [1.29, 1.82) is 0 Å². The van der Waals surface area contributed by atoms with Crippen LogP contribution in [0.1, 0.15) is 55.6 Å². The van der Waals surface area contributed by atoms with Crippen molar-refractivity contribution >= 4 is 23.5 Å². The maximum Gasteiger partial charge on any atom is 0.341 e. The van der Waals surface area contributed by atoms with Gasteiger partial charge in [0.05, 0.1) is 12.2 Å². The van der Waals surface area contributed by atoms with Gasteiger partial charge >= 0.3 is 5.97 Å². The molecule has 1 saturated heterocycles. The maximum atomic E-state index is 13.4. The number of benzene rings is 2. The first-order chi connectivity index (χ1) is 14.6. The molecular formula is C23H25ClFNO5. The van der Waals surface area contributed by atoms with E-state index >= 15 is 0 Å². The summed E-state index contributed by atoms with van der Waals surface area (Å²) in [6.45, 7) is 4.66. The lowest BCUT2D eigenvalue weighted by Crippen LogP contribution is -2.50. The van der Waals surface area contributed by atoms with Crippen LogP contribution >= 0.6 is 11.6 Å². The molecule has 1 aliphatic heterocycles. The SMILES string of the molecule is CC(=O)N[C@]1(C)C[C@@H](c2ccc(F)cc2)O[C@@H](c2cc(Cl)c(C)cc2OCC(=O)O)C1. The summed E-state index contributed by atoms with van der Waals surface area (Å²) in [4.78, 5) is 22.9. The third-order valence-electron chi connectivity index (χ3n) is 5.31. The van der Waals surface area contributed by atoms with E-state index in [4.69, 9.17) is 26.2 Å². The van der Waals surface area contributed by atoms with Gasteiger partial charge in [-0.25, -0.2) is 9.18 Å². The number of aryl methyl sites for hydroxylation is 1. The van der Waals surface area contributed by atoms with Gasteiger partial charge in [-0.3, -0.25) is 4.79 Å². The number of carbonyl (C=O) groups is 2. The first-order valence-corrected chi connectivity index (χ1v) is 10.3. The summed E-state index contributed by atoms with van der Waals surface area (Å²) in [7, 11) is 0. The summed E-state index contributed by atoms with van der Waals surface area (Å²) in [5.41, 5.74) is 1.49. The monoisotopic (exact) mass is 449 g/mol. The zero-order valence-corrected chi connectivity index (χ0v) is 18.3. The Kier molecular flexibility index (Phi) is 6.86. The molecule has 1 amide bonds. The van der Waals surface area contributed by atoms with Crippen LogP contribution in [-0.2, 0) is 14.3 Å². The molecule has 0 radical (unpaired) electrons. The largest absolute Gasteiger partial charge is 0.482 e. The quantitative estimate of drug-likeness (QED) is 0.665. The molecule has 0 unspecified atom stereocenters. The number of carboxylic acid groups (broad SMARTS) is 1. The number of rotatable bonds is 6. The van der Waals surface area contributed by atoms with E-state index in [-0.39, 0.29) is 11.7 Å². The minimum atomic E-state index is -1.10. The molecule has 0 aromatic heterocycles. The Hall–Kier alpha value is -2.64. The van der Waals surface area contributed by atoms with Crippen molar-refractivity contribution in [2.45, 2.75) is 51.4 Å². The van der Waals surface area contributed by atoms with Crippen molar-refractivity contribution in [3.63, 3.8) is 0 Å². The molecule has 0 bridgehead atoms. The second-order valence-electron chi connectivity index (χ2n) is 8.14. The Morgan fingerprint density at radius 3 is 2.52 bits per heavy atom. The molecule has 2 aromatic carbocycles. The van der Waals surface area contributed by atoms with E-state index < -0.39 is 30.3 Å². The van der Waals surface area contributed by atoms with E-state index in [2.05, 4.69) is 5.32 Å². The Labute approximate surface area is 185 Å². The summed E-state index contributed by atoms with van der Waals surface area (Å²) < 4.78 is 25.3. The molecule has 1 heterocycles. The van der Waals surface area contributed by atoms with Crippen molar-refractivity contribution < 1.29 is 28.6 Å². The number of nitrogens with one attached hydrogen (secondary N) is 1. The fraction of sp³-hybridized carbons (Fsp3) is 0.391. The highest BCUT2D eigenvalue weighted by Crippen LogP contribution is 2.46. The molecular weight excluding hydrogens is 425 g/mol. The van der Waals surface area contributed by atoms with Gasteiger partial charge in [-0.2, -0.15) is 0 Å². The molecule has 8 heteroatoms. The highest BCUT2D eigenvalue weighted by atomic mass is 35.5. The topological polar surface area (TPSA) is 84.9 Å². The highest BCUT2D eigenvalue weighted by Gasteiger charge is 2.41. The molecule has 1 aliphatic rings. The Bertz CT molecular complexity index is 981. The molecule has 3 rings (SSSR count). The Morgan fingerprint density at radius 2 is 1.90 bits per heavy atom. The van der Waals surface area contributed by atoms with Gasteiger partial charge in [0.15, 0.2) is 6.61 Å². The van der Waals surface area contributed by atoms with Gasteiger partial charge in [-0.05, 0) is 49.2 Å². The van der Waals surface area contributed by atoms with Gasteiger partial charge in [0.2, 0.25) is 5.91 Å². The van der Waals surface area contributed by atoms with Crippen LogP contribution in [0.15, 0.2) is 36.4 Å². The van der Waals surface area contributed by atoms with E-state index in [9.17, 15) is 14.0 Å². The summed E-state index contributed by atoms with van der Waals surface area (Å²) in [6, 6.07) is 9.42. The molecule has 2 aromatic rings. The van der Waals surface area contributed by atoms with Gasteiger partial charge in [0, 0.05) is 35.9 Å². The molecule has 3 atom stereocenters. The van der Waals surface area contributed by atoms with Crippen LogP contribution in [0.3, 0.4) is 0 Å². The van der Waals surface area contributed by atoms with Crippen LogP contribution in [0.25, 0.3) is 0 Å². The van der Waals surface area contributed by atoms with Gasteiger partial charge in [0.25, 0.3) is 0 Å². The number of carboxylic acids is 1. The van der Waals surface area contributed by atoms with Crippen molar-refractivity contribution in [3.8, 4) is 5.75 Å². The van der Waals surface area contributed by atoms with Crippen LogP contribution < -0.4 is 10.1 Å². The molecule has 2 N–H and O–H groups in total. The molecule has 6 nitrogen and oxygen atoms in total. The van der Waals surface area contributed by atoms with Crippen LogP contribution in [0.4, 0.5) is 4.39 Å². The predicted molar refractivity (Wildman–Crippen MR) is 114 cm³/mol. The normalized spacial score (nSPS) is 23.3. The van der Waals surface area contributed by atoms with Crippen molar-refractivity contribution in [2.24, 2.45) is 0 Å².